The molecule has 0 rings (SSSR count). The van der Waals surface area contributed by atoms with Crippen LogP contribution in [0.2, 0.25) is 0 Å². The third kappa shape index (κ3) is 59.1. The second-order valence-corrected chi connectivity index (χ2v) is 22.4. The average molecular weight is 1040 g/mol. The molecule has 434 valence electrons. The van der Waals surface area contributed by atoms with Gasteiger partial charge in [0.15, 0.2) is 0 Å². The summed E-state index contributed by atoms with van der Waals surface area (Å²) >= 11 is 0. The molecule has 0 radical (unpaired) electrons. The highest BCUT2D eigenvalue weighted by Gasteiger charge is 2.18. The zero-order valence-corrected chi connectivity index (χ0v) is 49.6. The van der Waals surface area contributed by atoms with Crippen LogP contribution in [0.25, 0.3) is 0 Å². The topological polar surface area (TPSA) is 95.9 Å². The van der Waals surface area contributed by atoms with Gasteiger partial charge in [-0.1, -0.05) is 294 Å². The zero-order valence-electron chi connectivity index (χ0n) is 49.6. The number of carbonyl (C=O) groups excluding carboxylic acids is 2. The Hall–Kier alpha value is -2.18. The number of ether oxygens (including phenoxy) is 1. The summed E-state index contributed by atoms with van der Waals surface area (Å²) in [5.41, 5.74) is 0. The standard InChI is InChI=1S/C68H127NO5/c1-3-5-7-9-11-13-15-16-34-38-42-46-50-54-58-62-68(73)74-63-59-55-51-47-43-39-36-33-31-29-27-25-23-21-19-17-18-20-22-24-26-28-30-32-35-37-41-45-49-53-57-61-67(72)69-65(64-70)66(71)60-56-52-48-44-40-14-12-10-8-6-4-2/h11,13,16,19,21,34,56,60,65-66,70-71H,3-10,12,14-15,17-18,20,22-33,35-55,57-59,61-64H2,1-2H3,(H,69,72)/b13-11-,21-19-,34-16-,60-56+. The van der Waals surface area contributed by atoms with Crippen molar-refractivity contribution >= 4 is 11.9 Å². The lowest BCUT2D eigenvalue weighted by Crippen LogP contribution is -2.45. The molecule has 2 unspecified atom stereocenters. The maximum absolute atomic E-state index is 12.4. The second kappa shape index (κ2) is 63.4. The van der Waals surface area contributed by atoms with Crippen LogP contribution in [-0.4, -0.2) is 47.4 Å². The lowest BCUT2D eigenvalue weighted by Gasteiger charge is -2.20. The van der Waals surface area contributed by atoms with E-state index in [0.717, 1.165) is 51.4 Å². The molecule has 0 fully saturated rings. The van der Waals surface area contributed by atoms with E-state index < -0.39 is 12.1 Å². The highest BCUT2D eigenvalue weighted by Crippen LogP contribution is 2.17. The van der Waals surface area contributed by atoms with Crippen molar-refractivity contribution < 1.29 is 24.5 Å². The van der Waals surface area contributed by atoms with Gasteiger partial charge in [0, 0.05) is 12.8 Å². The third-order valence-electron chi connectivity index (χ3n) is 15.1. The van der Waals surface area contributed by atoms with E-state index in [1.54, 1.807) is 6.08 Å². The van der Waals surface area contributed by atoms with Crippen LogP contribution in [0.15, 0.2) is 48.6 Å². The SMILES string of the molecule is CCCCC/C=C\C/C=C\CCCCCCCC(=O)OCCCCCCCCCCCCCC/C=C\CCCCCCCCCCCCCCCCCC(=O)NC(CO)C(O)/C=C/CCCCCCCCCCC. The molecule has 0 aliphatic heterocycles. The van der Waals surface area contributed by atoms with E-state index in [1.807, 2.05) is 6.08 Å². The number of unbranched alkanes of at least 4 members (excludes halogenated alkanes) is 44. The van der Waals surface area contributed by atoms with E-state index in [9.17, 15) is 19.8 Å². The maximum Gasteiger partial charge on any atom is 0.305 e. The van der Waals surface area contributed by atoms with Crippen LogP contribution in [-0.2, 0) is 14.3 Å². The smallest absolute Gasteiger partial charge is 0.305 e. The number of rotatable bonds is 61. The van der Waals surface area contributed by atoms with E-state index >= 15 is 0 Å². The van der Waals surface area contributed by atoms with Gasteiger partial charge in [-0.15, -0.1) is 0 Å². The van der Waals surface area contributed by atoms with Crippen molar-refractivity contribution in [3.05, 3.63) is 48.6 Å². The Morgan fingerprint density at radius 3 is 1.07 bits per heavy atom. The zero-order chi connectivity index (χ0) is 53.6. The Morgan fingerprint density at radius 1 is 0.378 bits per heavy atom. The summed E-state index contributed by atoms with van der Waals surface area (Å²) in [5, 5.41) is 23.0. The van der Waals surface area contributed by atoms with Crippen molar-refractivity contribution in [1.29, 1.82) is 0 Å². The predicted molar refractivity (Wildman–Crippen MR) is 324 cm³/mol. The first-order chi connectivity index (χ1) is 36.5. The van der Waals surface area contributed by atoms with Crippen LogP contribution in [0, 0.1) is 0 Å². The summed E-state index contributed by atoms with van der Waals surface area (Å²) < 4.78 is 5.48. The third-order valence-corrected chi connectivity index (χ3v) is 15.1. The van der Waals surface area contributed by atoms with Gasteiger partial charge in [0.1, 0.15) is 0 Å². The number of aliphatic hydroxyl groups is 2. The Kier molecular flexibility index (Phi) is 61.5. The largest absolute Gasteiger partial charge is 0.466 e. The fourth-order valence-electron chi connectivity index (χ4n) is 10.0. The molecular formula is C68H127NO5. The molecule has 0 bridgehead atoms. The summed E-state index contributed by atoms with van der Waals surface area (Å²) in [6.07, 6.45) is 81.8. The Labute approximate surface area is 461 Å². The van der Waals surface area contributed by atoms with Gasteiger partial charge in [0.05, 0.1) is 25.4 Å². The minimum absolute atomic E-state index is 0.00308. The molecule has 0 aromatic rings. The van der Waals surface area contributed by atoms with Gasteiger partial charge in [-0.3, -0.25) is 9.59 Å². The number of hydrogen-bond acceptors (Lipinski definition) is 5. The Bertz CT molecular complexity index is 1240. The molecular weight excluding hydrogens is 911 g/mol. The summed E-state index contributed by atoms with van der Waals surface area (Å²) in [7, 11) is 0. The number of allylic oxidation sites excluding steroid dienone is 7. The summed E-state index contributed by atoms with van der Waals surface area (Å²) in [6.45, 7) is 4.87. The van der Waals surface area contributed by atoms with Crippen molar-refractivity contribution in [2.24, 2.45) is 0 Å². The van der Waals surface area contributed by atoms with E-state index in [-0.39, 0.29) is 18.5 Å². The van der Waals surface area contributed by atoms with Crippen LogP contribution in [0.4, 0.5) is 0 Å². The van der Waals surface area contributed by atoms with E-state index in [0.29, 0.717) is 19.4 Å². The molecule has 0 saturated carbocycles. The van der Waals surface area contributed by atoms with Gasteiger partial charge < -0.3 is 20.3 Å². The minimum atomic E-state index is -0.842. The lowest BCUT2D eigenvalue weighted by atomic mass is 10.0. The van der Waals surface area contributed by atoms with Crippen molar-refractivity contribution in [2.45, 2.75) is 360 Å². The molecule has 0 heterocycles. The normalized spacial score (nSPS) is 12.9. The number of hydrogen-bond donors (Lipinski definition) is 3. The van der Waals surface area contributed by atoms with E-state index in [1.165, 1.54) is 270 Å². The van der Waals surface area contributed by atoms with Gasteiger partial charge in [-0.25, -0.2) is 0 Å². The van der Waals surface area contributed by atoms with Crippen molar-refractivity contribution in [2.75, 3.05) is 13.2 Å². The lowest BCUT2D eigenvalue weighted by molar-refractivity contribution is -0.143. The number of esters is 1. The molecule has 0 aliphatic carbocycles. The van der Waals surface area contributed by atoms with Gasteiger partial charge in [-0.2, -0.15) is 0 Å². The van der Waals surface area contributed by atoms with Crippen LogP contribution < -0.4 is 5.32 Å². The maximum atomic E-state index is 12.4. The molecule has 6 nitrogen and oxygen atoms in total. The Balaban J connectivity index is 3.36. The quantitative estimate of drug-likeness (QED) is 0.0320. The van der Waals surface area contributed by atoms with Crippen LogP contribution in [0.5, 0.6) is 0 Å². The molecule has 6 heteroatoms. The number of carbonyl (C=O) groups is 2. The number of amides is 1. The first-order valence-corrected chi connectivity index (χ1v) is 32.9. The van der Waals surface area contributed by atoms with E-state index in [4.69, 9.17) is 4.74 Å². The molecule has 74 heavy (non-hydrogen) atoms. The Morgan fingerprint density at radius 2 is 0.676 bits per heavy atom. The number of aliphatic hydroxyl groups excluding tert-OH is 2. The van der Waals surface area contributed by atoms with Crippen molar-refractivity contribution in [1.82, 2.24) is 5.32 Å². The van der Waals surface area contributed by atoms with Gasteiger partial charge >= 0.3 is 5.97 Å². The van der Waals surface area contributed by atoms with Gasteiger partial charge in [0.25, 0.3) is 0 Å². The summed E-state index contributed by atoms with van der Waals surface area (Å²) in [6, 6.07) is -0.625. The van der Waals surface area contributed by atoms with Crippen LogP contribution in [0.1, 0.15) is 348 Å². The monoisotopic (exact) mass is 1040 g/mol. The molecule has 0 aliphatic rings. The van der Waals surface area contributed by atoms with Crippen LogP contribution >= 0.6 is 0 Å². The fourth-order valence-corrected chi connectivity index (χ4v) is 10.0. The highest BCUT2D eigenvalue weighted by atomic mass is 16.5. The number of nitrogens with one attached hydrogen (secondary N) is 1. The molecule has 1 amide bonds. The summed E-state index contributed by atoms with van der Waals surface area (Å²) in [5.74, 6) is -0.0636. The first kappa shape index (κ1) is 71.8. The molecule has 3 N–H and O–H groups in total. The van der Waals surface area contributed by atoms with Crippen LogP contribution in [0.3, 0.4) is 0 Å². The summed E-state index contributed by atoms with van der Waals surface area (Å²) in [4.78, 5) is 24.5. The molecule has 0 saturated heterocycles. The van der Waals surface area contributed by atoms with Crippen molar-refractivity contribution in [3.63, 3.8) is 0 Å². The second-order valence-electron chi connectivity index (χ2n) is 22.4. The molecule has 0 aromatic carbocycles. The van der Waals surface area contributed by atoms with E-state index in [2.05, 4.69) is 55.6 Å². The first-order valence-electron chi connectivity index (χ1n) is 32.9. The fraction of sp³-hybridized carbons (Fsp3) is 0.853. The molecule has 0 aromatic heterocycles. The molecule has 0 spiro atoms. The average Bonchev–Trinajstić information content (AvgIpc) is 3.40. The highest BCUT2D eigenvalue weighted by molar-refractivity contribution is 5.76. The van der Waals surface area contributed by atoms with Gasteiger partial charge in [0.2, 0.25) is 5.91 Å². The predicted octanol–water partition coefficient (Wildman–Crippen LogP) is 20.9. The minimum Gasteiger partial charge on any atom is -0.466 e. The molecule has 2 atom stereocenters. The van der Waals surface area contributed by atoms with Crippen molar-refractivity contribution in [3.8, 4) is 0 Å². The van der Waals surface area contributed by atoms with Gasteiger partial charge in [-0.05, 0) is 89.9 Å².